The first kappa shape index (κ1) is 15.6. The van der Waals surface area contributed by atoms with E-state index in [4.69, 9.17) is 16.3 Å². The number of rotatable bonds is 3. The normalized spacial score (nSPS) is 17.6. The van der Waals surface area contributed by atoms with Crippen LogP contribution in [0.1, 0.15) is 23.7 Å². The summed E-state index contributed by atoms with van der Waals surface area (Å²) >= 11 is 5.76. The maximum atomic E-state index is 6.16. The Balaban J connectivity index is 1.65. The molecule has 0 bridgehead atoms. The zero-order valence-electron chi connectivity index (χ0n) is 13.3. The minimum absolute atomic E-state index is 0.0760. The Morgan fingerprint density at radius 1 is 0.960 bits per heavy atom. The number of aromatic nitrogens is 2. The molecule has 4 rings (SSSR count). The zero-order chi connectivity index (χ0) is 17.1. The van der Waals surface area contributed by atoms with E-state index >= 15 is 0 Å². The number of hydrazone groups is 1. The Hall–Kier alpha value is -2.92. The first-order valence-electron chi connectivity index (χ1n) is 7.92. The highest BCUT2D eigenvalue weighted by Gasteiger charge is 2.26. The summed E-state index contributed by atoms with van der Waals surface area (Å²) in [6, 6.07) is 21.5. The van der Waals surface area contributed by atoms with Crippen LogP contribution in [-0.2, 0) is 0 Å². The highest BCUT2D eigenvalue weighted by atomic mass is 35.5. The SMILES string of the molecule is Clc1ccc(NN=C2CC(c3ccccc3)Oc3ccccc32)nn1. The van der Waals surface area contributed by atoms with Gasteiger partial charge in [0.15, 0.2) is 11.0 Å². The molecule has 1 unspecified atom stereocenters. The molecule has 25 heavy (non-hydrogen) atoms. The number of ether oxygens (including phenoxy) is 1. The van der Waals surface area contributed by atoms with Crippen LogP contribution in [0.3, 0.4) is 0 Å². The van der Waals surface area contributed by atoms with Crippen LogP contribution in [0.4, 0.5) is 5.82 Å². The maximum Gasteiger partial charge on any atom is 0.168 e. The fraction of sp³-hybridized carbons (Fsp3) is 0.105. The van der Waals surface area contributed by atoms with E-state index in [0.29, 0.717) is 17.4 Å². The van der Waals surface area contributed by atoms with Gasteiger partial charge in [0.2, 0.25) is 0 Å². The third-order valence-electron chi connectivity index (χ3n) is 3.95. The van der Waals surface area contributed by atoms with Crippen LogP contribution in [0, 0.1) is 0 Å². The molecule has 0 fully saturated rings. The molecule has 5 nitrogen and oxygen atoms in total. The topological polar surface area (TPSA) is 59.4 Å². The molecular weight excluding hydrogens is 336 g/mol. The summed E-state index contributed by atoms with van der Waals surface area (Å²) in [4.78, 5) is 0. The maximum absolute atomic E-state index is 6.16. The summed E-state index contributed by atoms with van der Waals surface area (Å²) in [5.74, 6) is 1.36. The minimum atomic E-state index is -0.0760. The van der Waals surface area contributed by atoms with Gasteiger partial charge in [-0.3, -0.25) is 5.43 Å². The van der Waals surface area contributed by atoms with Crippen molar-refractivity contribution in [2.24, 2.45) is 5.10 Å². The molecule has 1 aliphatic heterocycles. The molecule has 124 valence electrons. The Kier molecular flexibility index (Phi) is 4.31. The smallest absolute Gasteiger partial charge is 0.168 e. The van der Waals surface area contributed by atoms with Crippen LogP contribution < -0.4 is 10.2 Å². The summed E-state index contributed by atoms with van der Waals surface area (Å²) in [7, 11) is 0. The van der Waals surface area contributed by atoms with Crippen molar-refractivity contribution in [2.75, 3.05) is 5.43 Å². The molecule has 3 aromatic rings. The number of hydrogen-bond donors (Lipinski definition) is 1. The fourth-order valence-electron chi connectivity index (χ4n) is 2.75. The van der Waals surface area contributed by atoms with E-state index in [1.165, 1.54) is 0 Å². The van der Waals surface area contributed by atoms with Crippen LogP contribution in [-0.4, -0.2) is 15.9 Å². The van der Waals surface area contributed by atoms with E-state index in [1.807, 2.05) is 42.5 Å². The molecule has 0 saturated carbocycles. The Morgan fingerprint density at radius 3 is 2.56 bits per heavy atom. The molecule has 6 heteroatoms. The summed E-state index contributed by atoms with van der Waals surface area (Å²) in [6.45, 7) is 0. The monoisotopic (exact) mass is 350 g/mol. The van der Waals surface area contributed by atoms with Crippen molar-refractivity contribution in [2.45, 2.75) is 12.5 Å². The van der Waals surface area contributed by atoms with E-state index in [2.05, 4.69) is 32.9 Å². The Labute approximate surface area is 150 Å². The van der Waals surface area contributed by atoms with Crippen LogP contribution in [0.15, 0.2) is 71.8 Å². The number of halogens is 1. The molecule has 0 aliphatic carbocycles. The lowest BCUT2D eigenvalue weighted by molar-refractivity contribution is 0.206. The Bertz CT molecular complexity index is 897. The first-order valence-corrected chi connectivity index (χ1v) is 8.30. The van der Waals surface area contributed by atoms with Crippen molar-refractivity contribution in [1.29, 1.82) is 0 Å². The predicted octanol–water partition coefficient (Wildman–Crippen LogP) is 4.47. The van der Waals surface area contributed by atoms with Gasteiger partial charge in [-0.25, -0.2) is 0 Å². The van der Waals surface area contributed by atoms with Gasteiger partial charge in [0.1, 0.15) is 11.9 Å². The quantitative estimate of drug-likeness (QED) is 0.708. The molecular formula is C19H15ClN4O. The van der Waals surface area contributed by atoms with Gasteiger partial charge >= 0.3 is 0 Å². The number of nitrogens with one attached hydrogen (secondary N) is 1. The van der Waals surface area contributed by atoms with Crippen LogP contribution in [0.2, 0.25) is 5.15 Å². The molecule has 0 amide bonds. The summed E-state index contributed by atoms with van der Waals surface area (Å²) in [6.07, 6.45) is 0.586. The molecule has 1 aromatic heterocycles. The van der Waals surface area contributed by atoms with Crippen LogP contribution in [0.25, 0.3) is 0 Å². The molecule has 0 radical (unpaired) electrons. The fourth-order valence-corrected chi connectivity index (χ4v) is 2.85. The van der Waals surface area contributed by atoms with Crippen LogP contribution in [0.5, 0.6) is 5.75 Å². The van der Waals surface area contributed by atoms with Crippen molar-refractivity contribution >= 4 is 23.1 Å². The van der Waals surface area contributed by atoms with Crippen molar-refractivity contribution in [3.05, 3.63) is 83.0 Å². The second-order valence-electron chi connectivity index (χ2n) is 5.63. The van der Waals surface area contributed by atoms with Gasteiger partial charge in [-0.05, 0) is 29.8 Å². The standard InChI is InChI=1S/C19H15ClN4O/c20-18-10-11-19(24-22-18)23-21-15-12-17(13-6-2-1-3-7-13)25-16-9-5-4-8-14(15)16/h1-11,17H,12H2,(H,23,24). The second kappa shape index (κ2) is 6.91. The molecule has 2 heterocycles. The Morgan fingerprint density at radius 2 is 1.76 bits per heavy atom. The third-order valence-corrected chi connectivity index (χ3v) is 4.16. The van der Waals surface area contributed by atoms with Crippen LogP contribution >= 0.6 is 11.6 Å². The minimum Gasteiger partial charge on any atom is -0.485 e. The number of nitrogens with zero attached hydrogens (tertiary/aromatic N) is 3. The summed E-state index contributed by atoms with van der Waals surface area (Å²) in [5.41, 5.74) is 5.96. The van der Waals surface area contributed by atoms with Gasteiger partial charge < -0.3 is 4.74 Å². The highest BCUT2D eigenvalue weighted by molar-refractivity contribution is 6.29. The third kappa shape index (κ3) is 3.46. The van der Waals surface area contributed by atoms with Crippen molar-refractivity contribution < 1.29 is 4.74 Å². The van der Waals surface area contributed by atoms with Gasteiger partial charge in [-0.15, -0.1) is 10.2 Å². The lowest BCUT2D eigenvalue weighted by Crippen LogP contribution is -2.21. The van der Waals surface area contributed by atoms with Crippen molar-refractivity contribution in [1.82, 2.24) is 10.2 Å². The number of anilines is 1. The molecule has 0 saturated heterocycles. The molecule has 2 aromatic carbocycles. The number of hydrogen-bond acceptors (Lipinski definition) is 5. The average Bonchev–Trinajstić information content (AvgIpc) is 2.68. The van der Waals surface area contributed by atoms with E-state index in [0.717, 1.165) is 22.6 Å². The van der Waals surface area contributed by atoms with Gasteiger partial charge in [-0.1, -0.05) is 54.1 Å². The molecule has 1 N–H and O–H groups in total. The second-order valence-corrected chi connectivity index (χ2v) is 6.02. The lowest BCUT2D eigenvalue weighted by atomic mass is 9.96. The van der Waals surface area contributed by atoms with Crippen molar-refractivity contribution in [3.8, 4) is 5.75 Å². The van der Waals surface area contributed by atoms with E-state index in [-0.39, 0.29) is 6.10 Å². The van der Waals surface area contributed by atoms with Gasteiger partial charge in [0, 0.05) is 12.0 Å². The largest absolute Gasteiger partial charge is 0.485 e. The number of para-hydroxylation sites is 1. The number of fused-ring (bicyclic) bond motifs is 1. The summed E-state index contributed by atoms with van der Waals surface area (Å²) < 4.78 is 6.16. The zero-order valence-corrected chi connectivity index (χ0v) is 14.0. The summed E-state index contributed by atoms with van der Waals surface area (Å²) in [5, 5.41) is 12.7. The van der Waals surface area contributed by atoms with Gasteiger partial charge in [-0.2, -0.15) is 5.10 Å². The molecule has 1 atom stereocenters. The first-order chi connectivity index (χ1) is 12.3. The van der Waals surface area contributed by atoms with E-state index < -0.39 is 0 Å². The average molecular weight is 351 g/mol. The lowest BCUT2D eigenvalue weighted by Gasteiger charge is -2.27. The predicted molar refractivity (Wildman–Crippen MR) is 98.1 cm³/mol. The van der Waals surface area contributed by atoms with E-state index in [1.54, 1.807) is 12.1 Å². The molecule has 1 aliphatic rings. The van der Waals surface area contributed by atoms with Gasteiger partial charge in [0.05, 0.1) is 5.71 Å². The van der Waals surface area contributed by atoms with Crippen molar-refractivity contribution in [3.63, 3.8) is 0 Å². The van der Waals surface area contributed by atoms with E-state index in [9.17, 15) is 0 Å². The van der Waals surface area contributed by atoms with Gasteiger partial charge in [0.25, 0.3) is 0 Å². The molecule has 0 spiro atoms. The highest BCUT2D eigenvalue weighted by Crippen LogP contribution is 2.35. The number of benzene rings is 2.